The number of hydrogen-bond acceptors (Lipinski definition) is 5. The van der Waals surface area contributed by atoms with E-state index in [4.69, 9.17) is 44.3 Å². The molecule has 0 aromatic heterocycles. The molecule has 0 unspecified atom stereocenters. The number of amides is 2. The maximum Gasteiger partial charge on any atom is 0.293 e. The van der Waals surface area contributed by atoms with Crippen molar-refractivity contribution in [2.75, 3.05) is 7.11 Å². The van der Waals surface area contributed by atoms with Crippen molar-refractivity contribution < 1.29 is 19.1 Å². The first-order valence-corrected chi connectivity index (χ1v) is 12.0. The van der Waals surface area contributed by atoms with Crippen molar-refractivity contribution in [3.8, 4) is 11.5 Å². The maximum atomic E-state index is 13.0. The van der Waals surface area contributed by atoms with Crippen LogP contribution in [-0.2, 0) is 17.9 Å². The smallest absolute Gasteiger partial charge is 0.293 e. The zero-order valence-electron chi connectivity index (χ0n) is 17.9. The Morgan fingerprint density at radius 2 is 1.74 bits per heavy atom. The monoisotopic (exact) mass is 533 g/mol. The van der Waals surface area contributed by atoms with Crippen LogP contribution in [0.3, 0.4) is 0 Å². The summed E-state index contributed by atoms with van der Waals surface area (Å²) >= 11 is 19.1. The van der Waals surface area contributed by atoms with Crippen LogP contribution in [0, 0.1) is 0 Å². The second-order valence-corrected chi connectivity index (χ2v) is 9.57. The first kappa shape index (κ1) is 24.5. The van der Waals surface area contributed by atoms with E-state index in [1.807, 2.05) is 18.2 Å². The Bertz CT molecular complexity index is 1290. The van der Waals surface area contributed by atoms with Gasteiger partial charge in [0.2, 0.25) is 0 Å². The van der Waals surface area contributed by atoms with E-state index in [0.717, 1.165) is 22.2 Å². The number of carbonyl (C=O) groups excluding carboxylic acids is 2. The van der Waals surface area contributed by atoms with E-state index in [2.05, 4.69) is 0 Å². The van der Waals surface area contributed by atoms with Gasteiger partial charge in [-0.25, -0.2) is 0 Å². The highest BCUT2D eigenvalue weighted by molar-refractivity contribution is 8.18. The minimum absolute atomic E-state index is 0.0498. The lowest BCUT2D eigenvalue weighted by Crippen LogP contribution is -2.27. The van der Waals surface area contributed by atoms with Gasteiger partial charge in [-0.2, -0.15) is 0 Å². The fourth-order valence-electron chi connectivity index (χ4n) is 3.34. The molecule has 1 heterocycles. The van der Waals surface area contributed by atoms with Crippen molar-refractivity contribution in [1.82, 2.24) is 4.90 Å². The van der Waals surface area contributed by atoms with E-state index < -0.39 is 5.91 Å². The number of benzene rings is 3. The van der Waals surface area contributed by atoms with Crippen molar-refractivity contribution in [2.45, 2.75) is 13.2 Å². The molecule has 3 aromatic rings. The van der Waals surface area contributed by atoms with Crippen molar-refractivity contribution in [1.29, 1.82) is 0 Å². The van der Waals surface area contributed by atoms with Gasteiger partial charge in [-0.3, -0.25) is 14.5 Å². The molecule has 0 spiro atoms. The van der Waals surface area contributed by atoms with Gasteiger partial charge in [0.1, 0.15) is 6.61 Å². The van der Waals surface area contributed by atoms with Crippen LogP contribution in [0.15, 0.2) is 65.6 Å². The fourth-order valence-corrected chi connectivity index (χ4v) is 4.85. The first-order valence-electron chi connectivity index (χ1n) is 10.1. The van der Waals surface area contributed by atoms with Crippen molar-refractivity contribution >= 4 is 63.8 Å². The molecule has 0 N–H and O–H groups in total. The van der Waals surface area contributed by atoms with Crippen molar-refractivity contribution in [2.24, 2.45) is 0 Å². The summed E-state index contributed by atoms with van der Waals surface area (Å²) in [6, 6.07) is 17.6. The number of ether oxygens (including phenoxy) is 2. The second-order valence-electron chi connectivity index (χ2n) is 7.30. The molecular weight excluding hydrogens is 517 g/mol. The molecule has 9 heteroatoms. The van der Waals surface area contributed by atoms with Gasteiger partial charge in [0.05, 0.1) is 18.6 Å². The maximum absolute atomic E-state index is 13.0. The summed E-state index contributed by atoms with van der Waals surface area (Å²) in [4.78, 5) is 27.1. The highest BCUT2D eigenvalue weighted by Crippen LogP contribution is 2.38. The highest BCUT2D eigenvalue weighted by atomic mass is 35.5. The van der Waals surface area contributed by atoms with Crippen molar-refractivity contribution in [3.05, 3.63) is 97.3 Å². The number of carbonyl (C=O) groups is 2. The van der Waals surface area contributed by atoms with Gasteiger partial charge < -0.3 is 9.47 Å². The van der Waals surface area contributed by atoms with Crippen LogP contribution in [0.25, 0.3) is 6.08 Å². The minimum atomic E-state index is -0.412. The Morgan fingerprint density at radius 3 is 2.47 bits per heavy atom. The Hall–Kier alpha value is -2.64. The summed E-state index contributed by atoms with van der Waals surface area (Å²) < 4.78 is 11.5. The van der Waals surface area contributed by atoms with E-state index in [1.165, 1.54) is 7.11 Å². The summed E-state index contributed by atoms with van der Waals surface area (Å²) in [5.74, 6) is 0.546. The molecule has 0 aliphatic carbocycles. The van der Waals surface area contributed by atoms with E-state index in [-0.39, 0.29) is 23.3 Å². The third-order valence-electron chi connectivity index (χ3n) is 5.01. The molecule has 1 aliphatic rings. The Morgan fingerprint density at radius 1 is 0.971 bits per heavy atom. The molecule has 1 fully saturated rings. The fraction of sp³-hybridized carbons (Fsp3) is 0.120. The molecule has 0 atom stereocenters. The highest BCUT2D eigenvalue weighted by Gasteiger charge is 2.35. The van der Waals surface area contributed by atoms with Gasteiger partial charge in [-0.05, 0) is 59.3 Å². The Balaban J connectivity index is 1.59. The van der Waals surface area contributed by atoms with Crippen LogP contribution in [0.4, 0.5) is 4.79 Å². The van der Waals surface area contributed by atoms with Crippen LogP contribution in [0.1, 0.15) is 16.7 Å². The van der Waals surface area contributed by atoms with Gasteiger partial charge in [0, 0.05) is 20.6 Å². The molecule has 5 nitrogen and oxygen atoms in total. The predicted molar refractivity (Wildman–Crippen MR) is 137 cm³/mol. The normalized spacial score (nSPS) is 14.7. The summed E-state index contributed by atoms with van der Waals surface area (Å²) in [6.07, 6.45) is 1.63. The molecule has 0 radical (unpaired) electrons. The number of para-hydroxylation sites is 1. The predicted octanol–water partition coefficient (Wildman–Crippen LogP) is 7.47. The van der Waals surface area contributed by atoms with E-state index in [1.54, 1.807) is 48.5 Å². The first-order chi connectivity index (χ1) is 16.4. The van der Waals surface area contributed by atoms with Gasteiger partial charge in [0.15, 0.2) is 11.5 Å². The lowest BCUT2D eigenvalue weighted by molar-refractivity contribution is -0.123. The summed E-state index contributed by atoms with van der Waals surface area (Å²) in [6.45, 7) is 0.298. The van der Waals surface area contributed by atoms with Crippen LogP contribution < -0.4 is 9.47 Å². The third-order valence-corrected chi connectivity index (χ3v) is 6.73. The van der Waals surface area contributed by atoms with Crippen LogP contribution in [-0.4, -0.2) is 23.2 Å². The van der Waals surface area contributed by atoms with E-state index >= 15 is 0 Å². The van der Waals surface area contributed by atoms with Gasteiger partial charge in [-0.15, -0.1) is 0 Å². The van der Waals surface area contributed by atoms with Crippen LogP contribution >= 0.6 is 46.6 Å². The molecule has 174 valence electrons. The standard InChI is InChI=1S/C25H18Cl3NO4S/c1-32-21-7-3-5-16(23(21)33-14-15-4-2-6-18(26)10-15)11-22-24(30)29(25(31)34-22)13-17-8-9-19(27)12-20(17)28/h2-12H,13-14H2,1H3/b22-11-. The second kappa shape index (κ2) is 10.7. The summed E-state index contributed by atoms with van der Waals surface area (Å²) in [7, 11) is 1.54. The minimum Gasteiger partial charge on any atom is -0.493 e. The number of hydrogen-bond donors (Lipinski definition) is 0. The zero-order chi connectivity index (χ0) is 24.2. The molecule has 3 aromatic carbocycles. The van der Waals surface area contributed by atoms with Crippen LogP contribution in [0.5, 0.6) is 11.5 Å². The molecule has 2 amide bonds. The van der Waals surface area contributed by atoms with Gasteiger partial charge in [-0.1, -0.05) is 65.1 Å². The third kappa shape index (κ3) is 5.53. The lowest BCUT2D eigenvalue weighted by atomic mass is 10.1. The number of imide groups is 1. The van der Waals surface area contributed by atoms with E-state index in [9.17, 15) is 9.59 Å². The average Bonchev–Trinajstić information content (AvgIpc) is 3.07. The zero-order valence-corrected chi connectivity index (χ0v) is 21.0. The topological polar surface area (TPSA) is 55.8 Å². The molecule has 1 saturated heterocycles. The number of nitrogens with zero attached hydrogens (tertiary/aromatic N) is 1. The number of thioether (sulfide) groups is 1. The summed E-state index contributed by atoms with van der Waals surface area (Å²) in [5.41, 5.74) is 2.11. The largest absolute Gasteiger partial charge is 0.493 e. The number of methoxy groups -OCH3 is 1. The van der Waals surface area contributed by atoms with Gasteiger partial charge in [0.25, 0.3) is 11.1 Å². The average molecular weight is 535 g/mol. The molecule has 0 bridgehead atoms. The molecular formula is C25H18Cl3NO4S. The van der Waals surface area contributed by atoms with E-state index in [0.29, 0.717) is 37.7 Å². The molecule has 4 rings (SSSR count). The molecule has 34 heavy (non-hydrogen) atoms. The SMILES string of the molecule is COc1cccc(/C=C2\SC(=O)N(Cc3ccc(Cl)cc3Cl)C2=O)c1OCc1cccc(Cl)c1. The Labute approximate surface area is 216 Å². The van der Waals surface area contributed by atoms with Crippen molar-refractivity contribution in [3.63, 3.8) is 0 Å². The lowest BCUT2D eigenvalue weighted by Gasteiger charge is -2.14. The number of rotatable bonds is 7. The molecule has 1 aliphatic heterocycles. The van der Waals surface area contributed by atoms with Gasteiger partial charge >= 0.3 is 0 Å². The van der Waals surface area contributed by atoms with Crippen LogP contribution in [0.2, 0.25) is 15.1 Å². The Kier molecular flexibility index (Phi) is 7.73. The quantitative estimate of drug-likeness (QED) is 0.294. The summed E-state index contributed by atoms with van der Waals surface area (Å²) in [5, 5.41) is 1.09. The molecule has 0 saturated carbocycles. The number of halogens is 3.